The molecule has 166 valence electrons. The van der Waals surface area contributed by atoms with Crippen molar-refractivity contribution >= 4 is 37.8 Å². The van der Waals surface area contributed by atoms with Crippen molar-refractivity contribution in [2.24, 2.45) is 0 Å². The number of carbonyl (C=O) groups is 1. The number of aromatic amines is 2. The normalized spacial score (nSPS) is 15.3. The Morgan fingerprint density at radius 1 is 1.29 bits per heavy atom. The molecular formula is C20H23N3O7S. The van der Waals surface area contributed by atoms with E-state index < -0.39 is 27.8 Å². The summed E-state index contributed by atoms with van der Waals surface area (Å²) < 4.78 is 43.3. The van der Waals surface area contributed by atoms with Gasteiger partial charge < -0.3 is 24.2 Å². The number of nitrogens with zero attached hydrogens (tertiary/aromatic N) is 1. The number of esters is 1. The van der Waals surface area contributed by atoms with Crippen LogP contribution < -0.4 is 5.56 Å². The summed E-state index contributed by atoms with van der Waals surface area (Å²) in [6.45, 7) is 3.00. The molecule has 2 N–H and O–H groups in total. The van der Waals surface area contributed by atoms with Crippen LogP contribution in [0, 0.1) is 0 Å². The number of nitrogens with one attached hydrogen (secondary N) is 2. The number of benzene rings is 1. The summed E-state index contributed by atoms with van der Waals surface area (Å²) in [6.07, 6.45) is 1.44. The lowest BCUT2D eigenvalue weighted by Gasteiger charge is -2.20. The van der Waals surface area contributed by atoms with Gasteiger partial charge >= 0.3 is 5.97 Å². The standard InChI is InChI=1S/C20H23N3O7S/c1-3-6-30-20(25)14-10-21-18-17(14)13-9-12(4-5-15(13)22-19(18)24)31(26,27)23(2)11-16-28-7-8-29-16/h4-5,9-10,16,21H,3,6-8,11H2,1-2H3,(H,22,24). The minimum absolute atomic E-state index is 0.0166. The SMILES string of the molecule is CCCOC(=O)c1c[nH]c2c(=O)[nH]c3ccc(S(=O)(=O)N(C)CC4OCCO4)cc3c12. The van der Waals surface area contributed by atoms with Gasteiger partial charge in [-0.2, -0.15) is 4.31 Å². The average molecular weight is 449 g/mol. The molecule has 0 bridgehead atoms. The van der Waals surface area contributed by atoms with Crippen LogP contribution in [0.4, 0.5) is 0 Å². The fourth-order valence-corrected chi connectivity index (χ4v) is 4.69. The smallest absolute Gasteiger partial charge is 0.340 e. The number of likely N-dealkylation sites (N-methyl/N-ethyl adjacent to an activating group) is 1. The van der Waals surface area contributed by atoms with Crippen LogP contribution >= 0.6 is 0 Å². The van der Waals surface area contributed by atoms with Gasteiger partial charge in [-0.05, 0) is 24.6 Å². The predicted molar refractivity (Wildman–Crippen MR) is 113 cm³/mol. The van der Waals surface area contributed by atoms with Crippen LogP contribution in [0.3, 0.4) is 0 Å². The van der Waals surface area contributed by atoms with Gasteiger partial charge in [0.25, 0.3) is 5.56 Å². The van der Waals surface area contributed by atoms with E-state index in [-0.39, 0.29) is 29.1 Å². The molecule has 0 saturated carbocycles. The van der Waals surface area contributed by atoms with Gasteiger partial charge in [0.05, 0.1) is 36.8 Å². The Morgan fingerprint density at radius 3 is 2.74 bits per heavy atom. The number of sulfonamides is 1. The van der Waals surface area contributed by atoms with E-state index in [0.29, 0.717) is 35.9 Å². The summed E-state index contributed by atoms with van der Waals surface area (Å²) in [7, 11) is -2.43. The van der Waals surface area contributed by atoms with Crippen molar-refractivity contribution < 1.29 is 27.4 Å². The van der Waals surface area contributed by atoms with E-state index in [4.69, 9.17) is 14.2 Å². The summed E-state index contributed by atoms with van der Waals surface area (Å²) >= 11 is 0. The average Bonchev–Trinajstić information content (AvgIpc) is 3.42. The van der Waals surface area contributed by atoms with E-state index in [9.17, 15) is 18.0 Å². The maximum absolute atomic E-state index is 13.1. The van der Waals surface area contributed by atoms with Gasteiger partial charge in [0.1, 0.15) is 5.52 Å². The van der Waals surface area contributed by atoms with Crippen molar-refractivity contribution in [1.82, 2.24) is 14.3 Å². The molecule has 1 aliphatic rings. The lowest BCUT2D eigenvalue weighted by molar-refractivity contribution is -0.0482. The van der Waals surface area contributed by atoms with Crippen LogP contribution in [0.5, 0.6) is 0 Å². The Kier molecular flexibility index (Phi) is 5.84. The van der Waals surface area contributed by atoms with Gasteiger partial charge in [-0.25, -0.2) is 13.2 Å². The predicted octanol–water partition coefficient (Wildman–Crippen LogP) is 1.57. The Labute approximate surface area is 178 Å². The molecular weight excluding hydrogens is 426 g/mol. The van der Waals surface area contributed by atoms with Crippen LogP contribution in [0.1, 0.15) is 23.7 Å². The third-order valence-corrected chi connectivity index (χ3v) is 6.90. The van der Waals surface area contributed by atoms with Gasteiger partial charge in [-0.1, -0.05) is 6.92 Å². The van der Waals surface area contributed by atoms with Gasteiger partial charge in [0.15, 0.2) is 6.29 Å². The summed E-state index contributed by atoms with van der Waals surface area (Å²) in [5.74, 6) is -0.582. The fraction of sp³-hybridized carbons (Fsp3) is 0.400. The molecule has 31 heavy (non-hydrogen) atoms. The van der Waals surface area contributed by atoms with E-state index in [2.05, 4.69) is 9.97 Å². The maximum atomic E-state index is 13.1. The lowest BCUT2D eigenvalue weighted by atomic mass is 10.1. The first kappa shape index (κ1) is 21.5. The lowest BCUT2D eigenvalue weighted by Crippen LogP contribution is -2.34. The highest BCUT2D eigenvalue weighted by Crippen LogP contribution is 2.28. The maximum Gasteiger partial charge on any atom is 0.340 e. The zero-order chi connectivity index (χ0) is 22.2. The largest absolute Gasteiger partial charge is 0.462 e. The quantitative estimate of drug-likeness (QED) is 0.524. The third-order valence-electron chi connectivity index (χ3n) is 5.08. The monoisotopic (exact) mass is 449 g/mol. The molecule has 2 aromatic heterocycles. The van der Waals surface area contributed by atoms with Crippen LogP contribution in [-0.4, -0.2) is 68.4 Å². The molecule has 1 aromatic carbocycles. The van der Waals surface area contributed by atoms with E-state index in [0.717, 1.165) is 4.31 Å². The summed E-state index contributed by atoms with van der Waals surface area (Å²) in [6, 6.07) is 4.36. The van der Waals surface area contributed by atoms with Crippen LogP contribution in [0.2, 0.25) is 0 Å². The van der Waals surface area contributed by atoms with Gasteiger partial charge in [0, 0.05) is 29.5 Å². The molecule has 1 fully saturated rings. The van der Waals surface area contributed by atoms with Gasteiger partial charge in [0.2, 0.25) is 10.0 Å². The Morgan fingerprint density at radius 2 is 2.03 bits per heavy atom. The van der Waals surface area contributed by atoms with Crippen molar-refractivity contribution in [1.29, 1.82) is 0 Å². The summed E-state index contributed by atoms with van der Waals surface area (Å²) in [5.41, 5.74) is 0.341. The molecule has 0 aliphatic carbocycles. The van der Waals surface area contributed by atoms with Crippen molar-refractivity contribution in [3.63, 3.8) is 0 Å². The zero-order valence-corrected chi connectivity index (χ0v) is 18.0. The van der Waals surface area contributed by atoms with Crippen molar-refractivity contribution in [2.45, 2.75) is 24.5 Å². The van der Waals surface area contributed by atoms with E-state index in [1.165, 1.54) is 31.4 Å². The molecule has 3 aromatic rings. The number of hydrogen-bond acceptors (Lipinski definition) is 7. The first-order valence-electron chi connectivity index (χ1n) is 9.86. The minimum Gasteiger partial charge on any atom is -0.462 e. The zero-order valence-electron chi connectivity index (χ0n) is 17.1. The second-order valence-electron chi connectivity index (χ2n) is 7.21. The molecule has 11 heteroatoms. The number of carbonyl (C=O) groups excluding carboxylic acids is 1. The van der Waals surface area contributed by atoms with Crippen molar-refractivity contribution in [2.75, 3.05) is 33.4 Å². The van der Waals surface area contributed by atoms with Crippen LogP contribution in [0.25, 0.3) is 21.8 Å². The van der Waals surface area contributed by atoms with E-state index >= 15 is 0 Å². The molecule has 0 unspecified atom stereocenters. The molecule has 0 amide bonds. The first-order chi connectivity index (χ1) is 14.8. The minimum atomic E-state index is -3.87. The Balaban J connectivity index is 1.81. The van der Waals surface area contributed by atoms with Crippen molar-refractivity contribution in [3.8, 4) is 0 Å². The van der Waals surface area contributed by atoms with Gasteiger partial charge in [-0.15, -0.1) is 0 Å². The molecule has 0 atom stereocenters. The molecule has 1 saturated heterocycles. The number of fused-ring (bicyclic) bond motifs is 3. The molecule has 0 spiro atoms. The molecule has 3 heterocycles. The summed E-state index contributed by atoms with van der Waals surface area (Å²) in [5, 5.41) is 0.740. The van der Waals surface area contributed by atoms with Crippen LogP contribution in [-0.2, 0) is 24.2 Å². The first-order valence-corrected chi connectivity index (χ1v) is 11.3. The van der Waals surface area contributed by atoms with E-state index in [1.807, 2.05) is 6.92 Å². The second kappa shape index (κ2) is 8.42. The third kappa shape index (κ3) is 3.97. The number of rotatable bonds is 7. The number of pyridine rings is 1. The van der Waals surface area contributed by atoms with Crippen molar-refractivity contribution in [3.05, 3.63) is 40.3 Å². The number of aromatic nitrogens is 2. The number of H-pyrrole nitrogens is 2. The Hall–Kier alpha value is -2.73. The second-order valence-corrected chi connectivity index (χ2v) is 9.25. The van der Waals surface area contributed by atoms with Crippen LogP contribution in [0.15, 0.2) is 34.1 Å². The molecule has 10 nitrogen and oxygen atoms in total. The highest BCUT2D eigenvalue weighted by Gasteiger charge is 2.27. The topological polar surface area (TPSA) is 131 Å². The number of hydrogen-bond donors (Lipinski definition) is 2. The highest BCUT2D eigenvalue weighted by molar-refractivity contribution is 7.89. The van der Waals surface area contributed by atoms with E-state index in [1.54, 1.807) is 0 Å². The number of ether oxygens (including phenoxy) is 3. The summed E-state index contributed by atoms with van der Waals surface area (Å²) in [4.78, 5) is 30.5. The highest BCUT2D eigenvalue weighted by atomic mass is 32.2. The molecule has 0 radical (unpaired) electrons. The fourth-order valence-electron chi connectivity index (χ4n) is 3.50. The Bertz CT molecular complexity index is 1290. The van der Waals surface area contributed by atoms with Gasteiger partial charge in [-0.3, -0.25) is 4.79 Å². The molecule has 1 aliphatic heterocycles. The molecule has 4 rings (SSSR count).